The molecule has 0 saturated carbocycles. The minimum atomic E-state index is -0.172. The zero-order chi connectivity index (χ0) is 21.4. The van der Waals surface area contributed by atoms with E-state index in [1.165, 1.54) is 101 Å². The molecule has 30 heavy (non-hydrogen) atoms. The molecule has 2 heteroatoms. The van der Waals surface area contributed by atoms with Crippen molar-refractivity contribution in [3.8, 4) is 0 Å². The Labute approximate surface area is 187 Å². The molecule has 0 bridgehead atoms. The van der Waals surface area contributed by atoms with Gasteiger partial charge in [0.2, 0.25) is 0 Å². The summed E-state index contributed by atoms with van der Waals surface area (Å²) in [5.41, 5.74) is 2.66. The highest BCUT2D eigenvalue weighted by Gasteiger charge is 2.23. The summed E-state index contributed by atoms with van der Waals surface area (Å²) in [6.45, 7) is 8.55. The van der Waals surface area contributed by atoms with Gasteiger partial charge >= 0.3 is 0 Å². The van der Waals surface area contributed by atoms with Gasteiger partial charge in [-0.1, -0.05) is 116 Å². The van der Waals surface area contributed by atoms with Crippen LogP contribution < -0.4 is 0 Å². The van der Waals surface area contributed by atoms with Gasteiger partial charge in [-0.25, -0.2) is 0 Å². The van der Waals surface area contributed by atoms with E-state index in [-0.39, 0.29) is 6.29 Å². The molecule has 1 aromatic carbocycles. The zero-order valence-corrected chi connectivity index (χ0v) is 20.2. The number of ether oxygens (including phenoxy) is 2. The first-order valence-electron chi connectivity index (χ1n) is 13.1. The molecule has 1 heterocycles. The molecular formula is C28H48O2. The van der Waals surface area contributed by atoms with Gasteiger partial charge in [-0.15, -0.1) is 0 Å². The van der Waals surface area contributed by atoms with Crippen molar-refractivity contribution in [2.75, 3.05) is 13.2 Å². The van der Waals surface area contributed by atoms with Gasteiger partial charge in [-0.2, -0.15) is 0 Å². The Kier molecular flexibility index (Phi) is 13.4. The van der Waals surface area contributed by atoms with E-state index in [1.54, 1.807) is 0 Å². The monoisotopic (exact) mass is 416 g/mol. The molecule has 2 nitrogen and oxygen atoms in total. The Bertz CT molecular complexity index is 516. The normalized spacial score (nSPS) is 20.4. The lowest BCUT2D eigenvalue weighted by Gasteiger charge is -2.30. The van der Waals surface area contributed by atoms with Gasteiger partial charge in [0.05, 0.1) is 13.2 Å². The number of hydrogen-bond acceptors (Lipinski definition) is 2. The Hall–Kier alpha value is -0.860. The molecule has 0 spiro atoms. The Morgan fingerprint density at radius 1 is 0.700 bits per heavy atom. The van der Waals surface area contributed by atoms with Gasteiger partial charge in [0, 0.05) is 11.5 Å². The topological polar surface area (TPSA) is 18.5 Å². The molecule has 1 unspecified atom stereocenters. The maximum Gasteiger partial charge on any atom is 0.183 e. The number of rotatable bonds is 16. The molecule has 1 aliphatic heterocycles. The average Bonchev–Trinajstić information content (AvgIpc) is 2.79. The smallest absolute Gasteiger partial charge is 0.183 e. The van der Waals surface area contributed by atoms with Crippen molar-refractivity contribution in [1.82, 2.24) is 0 Å². The molecule has 0 aliphatic carbocycles. The summed E-state index contributed by atoms with van der Waals surface area (Å²) in [4.78, 5) is 0. The van der Waals surface area contributed by atoms with Gasteiger partial charge < -0.3 is 9.47 Å². The number of benzene rings is 1. The second-order valence-corrected chi connectivity index (χ2v) is 9.42. The second kappa shape index (κ2) is 15.9. The fourth-order valence-electron chi connectivity index (χ4n) is 4.67. The summed E-state index contributed by atoms with van der Waals surface area (Å²) in [5.74, 6) is 1.27. The summed E-state index contributed by atoms with van der Waals surface area (Å²) in [7, 11) is 0. The highest BCUT2D eigenvalue weighted by molar-refractivity contribution is 5.26. The molecule has 2 rings (SSSR count). The Morgan fingerprint density at radius 2 is 1.30 bits per heavy atom. The van der Waals surface area contributed by atoms with Crippen LogP contribution in [0, 0.1) is 5.92 Å². The van der Waals surface area contributed by atoms with Crippen molar-refractivity contribution in [3.05, 3.63) is 35.4 Å². The van der Waals surface area contributed by atoms with Crippen molar-refractivity contribution >= 4 is 0 Å². The van der Waals surface area contributed by atoms with E-state index in [0.29, 0.717) is 11.8 Å². The number of unbranched alkanes of at least 4 members (excludes halogenated alkanes) is 8. The van der Waals surface area contributed by atoms with Crippen LogP contribution in [-0.2, 0) is 9.47 Å². The molecule has 1 aromatic rings. The largest absolute Gasteiger partial charge is 0.348 e. The Balaban J connectivity index is 1.66. The third kappa shape index (κ3) is 9.52. The SMILES string of the molecule is CCCCCCCCCCC1COC(c2ccc(C(CCC)CCCC)cc2)OC1. The summed E-state index contributed by atoms with van der Waals surface area (Å²) in [6, 6.07) is 9.08. The fourth-order valence-corrected chi connectivity index (χ4v) is 4.67. The molecule has 0 radical (unpaired) electrons. The minimum absolute atomic E-state index is 0.172. The molecule has 1 atom stereocenters. The van der Waals surface area contributed by atoms with Crippen molar-refractivity contribution in [2.24, 2.45) is 5.92 Å². The third-order valence-corrected chi connectivity index (χ3v) is 6.66. The van der Waals surface area contributed by atoms with Crippen LogP contribution in [0.1, 0.15) is 134 Å². The molecule has 0 amide bonds. The summed E-state index contributed by atoms with van der Waals surface area (Å²) >= 11 is 0. The average molecular weight is 417 g/mol. The maximum atomic E-state index is 6.09. The van der Waals surface area contributed by atoms with Gasteiger partial charge in [0.15, 0.2) is 6.29 Å². The Morgan fingerprint density at radius 3 is 1.90 bits per heavy atom. The van der Waals surface area contributed by atoms with Crippen LogP contribution in [0.5, 0.6) is 0 Å². The molecular weight excluding hydrogens is 368 g/mol. The quantitative estimate of drug-likeness (QED) is 0.250. The second-order valence-electron chi connectivity index (χ2n) is 9.42. The predicted octanol–water partition coefficient (Wildman–Crippen LogP) is 8.95. The van der Waals surface area contributed by atoms with Crippen molar-refractivity contribution in [1.29, 1.82) is 0 Å². The summed E-state index contributed by atoms with van der Waals surface area (Å²) < 4.78 is 12.2. The van der Waals surface area contributed by atoms with Crippen LogP contribution in [0.4, 0.5) is 0 Å². The van der Waals surface area contributed by atoms with Crippen molar-refractivity contribution in [3.63, 3.8) is 0 Å². The summed E-state index contributed by atoms with van der Waals surface area (Å²) in [5, 5.41) is 0. The third-order valence-electron chi connectivity index (χ3n) is 6.66. The van der Waals surface area contributed by atoms with E-state index in [1.807, 2.05) is 0 Å². The van der Waals surface area contributed by atoms with Crippen LogP contribution in [0.2, 0.25) is 0 Å². The molecule has 1 fully saturated rings. The highest BCUT2D eigenvalue weighted by Crippen LogP contribution is 2.31. The van der Waals surface area contributed by atoms with Gasteiger partial charge in [0.1, 0.15) is 0 Å². The van der Waals surface area contributed by atoms with Crippen LogP contribution in [0.15, 0.2) is 24.3 Å². The van der Waals surface area contributed by atoms with Crippen molar-refractivity contribution in [2.45, 2.75) is 123 Å². The van der Waals surface area contributed by atoms with Gasteiger partial charge in [-0.3, -0.25) is 0 Å². The first-order valence-corrected chi connectivity index (χ1v) is 13.1. The van der Waals surface area contributed by atoms with Gasteiger partial charge in [-0.05, 0) is 30.7 Å². The fraction of sp³-hybridized carbons (Fsp3) is 0.786. The van der Waals surface area contributed by atoms with E-state index in [4.69, 9.17) is 9.47 Å². The van der Waals surface area contributed by atoms with Crippen LogP contribution in [0.25, 0.3) is 0 Å². The highest BCUT2D eigenvalue weighted by atomic mass is 16.7. The van der Waals surface area contributed by atoms with E-state index < -0.39 is 0 Å². The number of hydrogen-bond donors (Lipinski definition) is 0. The predicted molar refractivity (Wildman–Crippen MR) is 129 cm³/mol. The zero-order valence-electron chi connectivity index (χ0n) is 20.2. The lowest BCUT2D eigenvalue weighted by molar-refractivity contribution is -0.206. The summed E-state index contributed by atoms with van der Waals surface area (Å²) in [6.07, 6.45) is 18.6. The van der Waals surface area contributed by atoms with E-state index in [9.17, 15) is 0 Å². The standard InChI is InChI=1S/C28H48O2/c1-4-7-9-10-11-12-13-14-16-24-22-29-28(30-23-24)27-20-18-26(19-21-27)25(15-6-3)17-8-5-2/h18-21,24-25,28H,4-17,22-23H2,1-3H3. The molecule has 1 aliphatic rings. The lowest BCUT2D eigenvalue weighted by atomic mass is 9.89. The van der Waals surface area contributed by atoms with Gasteiger partial charge in [0.25, 0.3) is 0 Å². The molecule has 0 aromatic heterocycles. The maximum absolute atomic E-state index is 6.09. The lowest BCUT2D eigenvalue weighted by Crippen LogP contribution is -2.27. The first-order chi connectivity index (χ1) is 14.8. The van der Waals surface area contributed by atoms with Crippen LogP contribution in [-0.4, -0.2) is 13.2 Å². The molecule has 172 valence electrons. The van der Waals surface area contributed by atoms with Crippen LogP contribution in [0.3, 0.4) is 0 Å². The minimum Gasteiger partial charge on any atom is -0.348 e. The van der Waals surface area contributed by atoms with Crippen LogP contribution >= 0.6 is 0 Å². The first kappa shape index (κ1) is 25.4. The van der Waals surface area contributed by atoms with E-state index >= 15 is 0 Å². The van der Waals surface area contributed by atoms with Crippen molar-refractivity contribution < 1.29 is 9.47 Å². The molecule has 1 saturated heterocycles. The van der Waals surface area contributed by atoms with E-state index in [0.717, 1.165) is 13.2 Å². The molecule has 0 N–H and O–H groups in total. The van der Waals surface area contributed by atoms with E-state index in [2.05, 4.69) is 45.0 Å².